The van der Waals surface area contributed by atoms with Gasteiger partial charge in [0.15, 0.2) is 5.44 Å². The number of pyridine rings is 1. The normalized spacial score (nSPS) is 28.3. The Kier molecular flexibility index (Phi) is 4.63. The molecule has 116 valence electrons. The van der Waals surface area contributed by atoms with Crippen LogP contribution < -0.4 is 4.74 Å². The number of hydrogen-bond acceptors (Lipinski definition) is 6. The number of ether oxygens (including phenoxy) is 1. The number of nitrogens with zero attached hydrogens (tertiary/aromatic N) is 1. The van der Waals surface area contributed by atoms with Crippen molar-refractivity contribution in [2.24, 2.45) is 0 Å². The Labute approximate surface area is 132 Å². The molecule has 3 rings (SSSR count). The molecule has 6 heteroatoms. The van der Waals surface area contributed by atoms with Crippen LogP contribution in [0, 0.1) is 0 Å². The summed E-state index contributed by atoms with van der Waals surface area (Å²) < 4.78 is 5.89. The van der Waals surface area contributed by atoms with Crippen LogP contribution in [0.1, 0.15) is 0 Å². The number of benzene rings is 1. The standard InChI is InChI=1S/C16H17NO4S/c18-12-9-22-16(15(20)14(12)19)21-13-4-2-1-3-11(13)10-5-7-17-8-6-10/h1-8,12,14-16,18-20H,9H2/t12-,14+,15-,16+/m1/s1. The number of thioether (sulfide) groups is 1. The summed E-state index contributed by atoms with van der Waals surface area (Å²) in [5, 5.41) is 29.4. The zero-order valence-electron chi connectivity index (χ0n) is 11.7. The summed E-state index contributed by atoms with van der Waals surface area (Å²) in [7, 11) is 0. The Balaban J connectivity index is 1.84. The molecule has 1 aromatic carbocycles. The Bertz CT molecular complexity index is 625. The Hall–Kier alpha value is -1.60. The van der Waals surface area contributed by atoms with E-state index in [1.165, 1.54) is 11.8 Å². The molecule has 0 unspecified atom stereocenters. The van der Waals surface area contributed by atoms with Gasteiger partial charge < -0.3 is 20.1 Å². The van der Waals surface area contributed by atoms with Crippen LogP contribution in [-0.2, 0) is 0 Å². The van der Waals surface area contributed by atoms with Crippen molar-refractivity contribution >= 4 is 11.8 Å². The minimum atomic E-state index is -1.20. The first kappa shape index (κ1) is 15.3. The number of rotatable bonds is 3. The van der Waals surface area contributed by atoms with Gasteiger partial charge in [-0.2, -0.15) is 0 Å². The molecule has 1 saturated heterocycles. The molecule has 1 aliphatic rings. The molecule has 4 atom stereocenters. The fourth-order valence-electron chi connectivity index (χ4n) is 2.35. The van der Waals surface area contributed by atoms with Gasteiger partial charge in [-0.25, -0.2) is 0 Å². The van der Waals surface area contributed by atoms with Gasteiger partial charge in [-0.3, -0.25) is 4.98 Å². The van der Waals surface area contributed by atoms with Gasteiger partial charge >= 0.3 is 0 Å². The molecule has 22 heavy (non-hydrogen) atoms. The van der Waals surface area contributed by atoms with Crippen molar-refractivity contribution in [3.05, 3.63) is 48.8 Å². The van der Waals surface area contributed by atoms with E-state index in [0.29, 0.717) is 11.5 Å². The number of aromatic nitrogens is 1. The molecular weight excluding hydrogens is 302 g/mol. The van der Waals surface area contributed by atoms with Crippen molar-refractivity contribution in [2.75, 3.05) is 5.75 Å². The fourth-order valence-corrected chi connectivity index (χ4v) is 3.46. The summed E-state index contributed by atoms with van der Waals surface area (Å²) in [6.07, 6.45) is 0.140. The highest BCUT2D eigenvalue weighted by atomic mass is 32.2. The van der Waals surface area contributed by atoms with Crippen LogP contribution in [0.2, 0.25) is 0 Å². The second-order valence-corrected chi connectivity index (χ2v) is 6.23. The summed E-state index contributed by atoms with van der Waals surface area (Å²) in [4.78, 5) is 4.00. The van der Waals surface area contributed by atoms with Crippen LogP contribution in [0.3, 0.4) is 0 Å². The van der Waals surface area contributed by atoms with Crippen molar-refractivity contribution in [3.8, 4) is 16.9 Å². The number of aliphatic hydroxyl groups excluding tert-OH is 3. The second kappa shape index (κ2) is 6.66. The predicted octanol–water partition coefficient (Wildman–Crippen LogP) is 1.28. The highest BCUT2D eigenvalue weighted by Crippen LogP contribution is 2.34. The minimum Gasteiger partial charge on any atom is -0.476 e. The molecule has 0 radical (unpaired) electrons. The van der Waals surface area contributed by atoms with Gasteiger partial charge in [0, 0.05) is 23.7 Å². The minimum absolute atomic E-state index is 0.320. The molecule has 0 spiro atoms. The van der Waals surface area contributed by atoms with E-state index in [0.717, 1.165) is 11.1 Å². The Morgan fingerprint density at radius 2 is 1.73 bits per heavy atom. The first-order valence-electron chi connectivity index (χ1n) is 6.98. The average Bonchev–Trinajstić information content (AvgIpc) is 2.57. The van der Waals surface area contributed by atoms with E-state index in [9.17, 15) is 15.3 Å². The molecule has 1 fully saturated rings. The van der Waals surface area contributed by atoms with E-state index in [1.807, 2.05) is 36.4 Å². The smallest absolute Gasteiger partial charge is 0.173 e. The zero-order valence-corrected chi connectivity index (χ0v) is 12.6. The Morgan fingerprint density at radius 1 is 1.00 bits per heavy atom. The monoisotopic (exact) mass is 319 g/mol. The van der Waals surface area contributed by atoms with E-state index in [-0.39, 0.29) is 0 Å². The average molecular weight is 319 g/mol. The summed E-state index contributed by atoms with van der Waals surface area (Å²) in [6.45, 7) is 0. The lowest BCUT2D eigenvalue weighted by Gasteiger charge is -2.34. The molecule has 1 aliphatic heterocycles. The van der Waals surface area contributed by atoms with Crippen molar-refractivity contribution in [3.63, 3.8) is 0 Å². The summed E-state index contributed by atoms with van der Waals surface area (Å²) in [5.41, 5.74) is 1.22. The van der Waals surface area contributed by atoms with E-state index >= 15 is 0 Å². The number of aliphatic hydroxyl groups is 3. The third-order valence-corrected chi connectivity index (χ3v) is 4.81. The summed E-state index contributed by atoms with van der Waals surface area (Å²) in [6, 6.07) is 11.3. The lowest BCUT2D eigenvalue weighted by molar-refractivity contribution is -0.0785. The van der Waals surface area contributed by atoms with E-state index in [2.05, 4.69) is 4.98 Å². The molecule has 2 aromatic rings. The van der Waals surface area contributed by atoms with Gasteiger partial charge in [0.25, 0.3) is 0 Å². The maximum Gasteiger partial charge on any atom is 0.173 e. The van der Waals surface area contributed by atoms with Crippen LogP contribution >= 0.6 is 11.8 Å². The highest BCUT2D eigenvalue weighted by Gasteiger charge is 2.38. The van der Waals surface area contributed by atoms with E-state index in [4.69, 9.17) is 4.74 Å². The Morgan fingerprint density at radius 3 is 2.50 bits per heavy atom. The van der Waals surface area contributed by atoms with Gasteiger partial charge in [0.1, 0.15) is 18.0 Å². The molecule has 3 N–H and O–H groups in total. The van der Waals surface area contributed by atoms with Crippen LogP contribution in [-0.4, -0.2) is 49.8 Å². The lowest BCUT2D eigenvalue weighted by Crippen LogP contribution is -2.50. The fraction of sp³-hybridized carbons (Fsp3) is 0.312. The van der Waals surface area contributed by atoms with Crippen molar-refractivity contribution < 1.29 is 20.1 Å². The molecule has 5 nitrogen and oxygen atoms in total. The first-order valence-corrected chi connectivity index (χ1v) is 8.03. The van der Waals surface area contributed by atoms with Gasteiger partial charge in [-0.1, -0.05) is 18.2 Å². The molecule has 0 bridgehead atoms. The third-order valence-electron chi connectivity index (χ3n) is 3.58. The largest absolute Gasteiger partial charge is 0.476 e. The van der Waals surface area contributed by atoms with Crippen LogP contribution in [0.4, 0.5) is 0 Å². The molecular formula is C16H17NO4S. The number of para-hydroxylation sites is 1. The SMILES string of the molecule is O[C@@H]1[C@@H](O)[C@@H](Oc2ccccc2-c2ccncc2)SC[C@H]1O. The van der Waals surface area contributed by atoms with Crippen LogP contribution in [0.5, 0.6) is 5.75 Å². The first-order chi connectivity index (χ1) is 10.7. The van der Waals surface area contributed by atoms with Crippen molar-refractivity contribution in [2.45, 2.75) is 23.7 Å². The molecule has 0 saturated carbocycles. The van der Waals surface area contributed by atoms with E-state index < -0.39 is 23.7 Å². The van der Waals surface area contributed by atoms with E-state index in [1.54, 1.807) is 12.4 Å². The molecule has 0 amide bonds. The van der Waals surface area contributed by atoms with Gasteiger partial charge in [0.05, 0.1) is 6.10 Å². The third kappa shape index (κ3) is 3.10. The second-order valence-electron chi connectivity index (χ2n) is 5.10. The van der Waals surface area contributed by atoms with Gasteiger partial charge in [-0.15, -0.1) is 11.8 Å². The molecule has 0 aliphatic carbocycles. The molecule has 2 heterocycles. The summed E-state index contributed by atoms with van der Waals surface area (Å²) >= 11 is 1.29. The molecule has 1 aromatic heterocycles. The topological polar surface area (TPSA) is 82.8 Å². The maximum atomic E-state index is 10.1. The number of hydrogen-bond donors (Lipinski definition) is 3. The zero-order chi connectivity index (χ0) is 15.5. The summed E-state index contributed by atoms with van der Waals surface area (Å²) in [5.74, 6) is 0.939. The predicted molar refractivity (Wildman–Crippen MR) is 84.6 cm³/mol. The van der Waals surface area contributed by atoms with Crippen LogP contribution in [0.25, 0.3) is 11.1 Å². The van der Waals surface area contributed by atoms with Gasteiger partial charge in [0.2, 0.25) is 0 Å². The quantitative estimate of drug-likeness (QED) is 0.791. The maximum absolute atomic E-state index is 10.1. The van der Waals surface area contributed by atoms with Crippen molar-refractivity contribution in [1.29, 1.82) is 0 Å². The lowest BCUT2D eigenvalue weighted by atomic mass is 10.1. The van der Waals surface area contributed by atoms with Crippen molar-refractivity contribution in [1.82, 2.24) is 4.98 Å². The highest BCUT2D eigenvalue weighted by molar-refractivity contribution is 7.99. The van der Waals surface area contributed by atoms with Crippen LogP contribution in [0.15, 0.2) is 48.8 Å². The van der Waals surface area contributed by atoms with Gasteiger partial charge in [-0.05, 0) is 23.8 Å².